The van der Waals surface area contributed by atoms with Gasteiger partial charge < -0.3 is 9.52 Å². The van der Waals surface area contributed by atoms with Crippen LogP contribution in [0.15, 0.2) is 51.4 Å². The molecule has 20 heavy (non-hydrogen) atoms. The minimum atomic E-state index is -1.00. The molecule has 0 spiro atoms. The number of carboxylic acid groups (broad SMARTS) is 1. The molecule has 3 rings (SSSR count). The Morgan fingerprint density at radius 3 is 2.80 bits per heavy atom. The summed E-state index contributed by atoms with van der Waals surface area (Å²) in [5, 5.41) is 9.13. The molecule has 0 fully saturated rings. The predicted molar refractivity (Wildman–Crippen MR) is 77.9 cm³/mol. The van der Waals surface area contributed by atoms with Gasteiger partial charge in [-0.15, -0.1) is 0 Å². The zero-order chi connectivity index (χ0) is 14.1. The van der Waals surface area contributed by atoms with Gasteiger partial charge in [-0.1, -0.05) is 34.1 Å². The van der Waals surface area contributed by atoms with Crippen LogP contribution in [0.2, 0.25) is 0 Å². The first-order valence-electron chi connectivity index (χ1n) is 5.99. The topological polar surface area (TPSA) is 63.3 Å². The molecule has 0 aliphatic heterocycles. The number of hydrogen-bond donors (Lipinski definition) is 1. The molecule has 0 unspecified atom stereocenters. The average molecular weight is 332 g/mol. The summed E-state index contributed by atoms with van der Waals surface area (Å²) in [6, 6.07) is 12.7. The fourth-order valence-electron chi connectivity index (χ4n) is 2.06. The van der Waals surface area contributed by atoms with E-state index in [2.05, 4.69) is 20.9 Å². The highest BCUT2D eigenvalue weighted by Gasteiger charge is 2.14. The maximum absolute atomic E-state index is 11.1. The van der Waals surface area contributed by atoms with Crippen molar-refractivity contribution >= 4 is 33.0 Å². The smallest absolute Gasteiger partial charge is 0.338 e. The van der Waals surface area contributed by atoms with Crippen molar-refractivity contribution in [2.75, 3.05) is 0 Å². The van der Waals surface area contributed by atoms with Gasteiger partial charge in [0, 0.05) is 10.9 Å². The first-order chi connectivity index (χ1) is 9.63. The van der Waals surface area contributed by atoms with Crippen LogP contribution in [-0.4, -0.2) is 16.1 Å². The number of aromatic nitrogens is 1. The van der Waals surface area contributed by atoms with Crippen LogP contribution in [0.25, 0.3) is 11.1 Å². The number of halogens is 1. The lowest BCUT2D eigenvalue weighted by molar-refractivity contribution is 0.0699. The second-order valence-corrected chi connectivity index (χ2v) is 5.29. The fourth-order valence-corrected chi connectivity index (χ4v) is 2.51. The summed E-state index contributed by atoms with van der Waals surface area (Å²) in [6.07, 6.45) is 0.521. The number of rotatable bonds is 3. The quantitative estimate of drug-likeness (QED) is 0.791. The molecule has 0 saturated heterocycles. The zero-order valence-corrected chi connectivity index (χ0v) is 11.9. The SMILES string of the molecule is O=C(O)c1cccc2oc(Cc3cccc(Br)c3)nc12. The number of carbonyl (C=O) groups is 1. The standard InChI is InChI=1S/C15H10BrNO3/c16-10-4-1-3-9(7-10)8-13-17-14-11(15(18)19)5-2-6-12(14)20-13/h1-7H,8H2,(H,18,19). The molecule has 0 aliphatic rings. The van der Waals surface area contributed by atoms with Gasteiger partial charge >= 0.3 is 5.97 Å². The van der Waals surface area contributed by atoms with Crippen LogP contribution < -0.4 is 0 Å². The number of hydrogen-bond acceptors (Lipinski definition) is 3. The van der Waals surface area contributed by atoms with Gasteiger partial charge in [-0.2, -0.15) is 0 Å². The molecule has 1 N–H and O–H groups in total. The van der Waals surface area contributed by atoms with Crippen LogP contribution in [0.5, 0.6) is 0 Å². The van der Waals surface area contributed by atoms with Crippen molar-refractivity contribution in [1.82, 2.24) is 4.98 Å². The molecule has 3 aromatic rings. The van der Waals surface area contributed by atoms with E-state index in [1.54, 1.807) is 12.1 Å². The molecule has 0 atom stereocenters. The second-order valence-electron chi connectivity index (χ2n) is 4.37. The van der Waals surface area contributed by atoms with Gasteiger partial charge in [0.15, 0.2) is 11.5 Å². The van der Waals surface area contributed by atoms with Gasteiger partial charge in [0.05, 0.1) is 5.56 Å². The van der Waals surface area contributed by atoms with Crippen molar-refractivity contribution in [2.24, 2.45) is 0 Å². The molecule has 0 aliphatic carbocycles. The van der Waals surface area contributed by atoms with E-state index < -0.39 is 5.97 Å². The van der Waals surface area contributed by atoms with Crippen molar-refractivity contribution in [3.8, 4) is 0 Å². The Bertz CT molecular complexity index is 795. The van der Waals surface area contributed by atoms with E-state index >= 15 is 0 Å². The van der Waals surface area contributed by atoms with Crippen LogP contribution in [0.4, 0.5) is 0 Å². The number of fused-ring (bicyclic) bond motifs is 1. The second kappa shape index (κ2) is 5.09. The number of benzene rings is 2. The van der Waals surface area contributed by atoms with Crippen molar-refractivity contribution in [3.63, 3.8) is 0 Å². The summed E-state index contributed by atoms with van der Waals surface area (Å²) < 4.78 is 6.60. The summed E-state index contributed by atoms with van der Waals surface area (Å²) in [5.74, 6) is -0.496. The Morgan fingerprint density at radius 1 is 1.25 bits per heavy atom. The number of carboxylic acids is 1. The Balaban J connectivity index is 2.01. The first kappa shape index (κ1) is 12.9. The molecule has 1 heterocycles. The van der Waals surface area contributed by atoms with E-state index in [0.29, 0.717) is 23.4 Å². The van der Waals surface area contributed by atoms with Gasteiger partial charge in [-0.05, 0) is 29.8 Å². The Morgan fingerprint density at radius 2 is 2.05 bits per heavy atom. The van der Waals surface area contributed by atoms with Gasteiger partial charge in [-0.3, -0.25) is 0 Å². The summed E-state index contributed by atoms with van der Waals surface area (Å²) in [4.78, 5) is 15.4. The number of aromatic carboxylic acids is 1. The third kappa shape index (κ3) is 2.44. The molecule has 0 radical (unpaired) electrons. The van der Waals surface area contributed by atoms with E-state index in [0.717, 1.165) is 10.0 Å². The lowest BCUT2D eigenvalue weighted by Crippen LogP contribution is -1.97. The number of nitrogens with zero attached hydrogens (tertiary/aromatic N) is 1. The Labute approximate surface area is 123 Å². The molecule has 100 valence electrons. The van der Waals surface area contributed by atoms with Crippen LogP contribution >= 0.6 is 15.9 Å². The molecule has 5 heteroatoms. The van der Waals surface area contributed by atoms with E-state index in [1.807, 2.05) is 24.3 Å². The van der Waals surface area contributed by atoms with Crippen LogP contribution in [0.1, 0.15) is 21.8 Å². The predicted octanol–water partition coefficient (Wildman–Crippen LogP) is 3.88. The van der Waals surface area contributed by atoms with Crippen LogP contribution in [-0.2, 0) is 6.42 Å². The first-order valence-corrected chi connectivity index (χ1v) is 6.79. The maximum atomic E-state index is 11.1. The van der Waals surface area contributed by atoms with E-state index in [-0.39, 0.29) is 5.56 Å². The van der Waals surface area contributed by atoms with Crippen LogP contribution in [0.3, 0.4) is 0 Å². The van der Waals surface area contributed by atoms with Crippen molar-refractivity contribution in [2.45, 2.75) is 6.42 Å². The van der Waals surface area contributed by atoms with Crippen LogP contribution in [0, 0.1) is 0 Å². The normalized spacial score (nSPS) is 10.8. The van der Waals surface area contributed by atoms with Crippen molar-refractivity contribution in [3.05, 3.63) is 64.0 Å². The Kier molecular flexibility index (Phi) is 3.28. The average Bonchev–Trinajstić information content (AvgIpc) is 2.80. The molecule has 1 aromatic heterocycles. The lowest BCUT2D eigenvalue weighted by Gasteiger charge is -1.97. The zero-order valence-electron chi connectivity index (χ0n) is 10.3. The summed E-state index contributed by atoms with van der Waals surface area (Å²) in [6.45, 7) is 0. The summed E-state index contributed by atoms with van der Waals surface area (Å²) in [7, 11) is 0. The highest BCUT2D eigenvalue weighted by Crippen LogP contribution is 2.22. The number of oxazole rings is 1. The molecule has 0 amide bonds. The van der Waals surface area contributed by atoms with Gasteiger partial charge in [-0.25, -0.2) is 9.78 Å². The summed E-state index contributed by atoms with van der Waals surface area (Å²) >= 11 is 3.41. The van der Waals surface area contributed by atoms with Gasteiger partial charge in [0.2, 0.25) is 0 Å². The summed E-state index contributed by atoms with van der Waals surface area (Å²) in [5.41, 5.74) is 2.09. The molecular weight excluding hydrogens is 322 g/mol. The lowest BCUT2D eigenvalue weighted by atomic mass is 10.1. The molecular formula is C15H10BrNO3. The fraction of sp³-hybridized carbons (Fsp3) is 0.0667. The minimum Gasteiger partial charge on any atom is -0.478 e. The molecule has 2 aromatic carbocycles. The highest BCUT2D eigenvalue weighted by atomic mass is 79.9. The number of para-hydroxylation sites is 1. The van der Waals surface area contributed by atoms with E-state index in [9.17, 15) is 4.79 Å². The molecule has 4 nitrogen and oxygen atoms in total. The minimum absolute atomic E-state index is 0.159. The third-order valence-electron chi connectivity index (χ3n) is 2.94. The van der Waals surface area contributed by atoms with Crippen molar-refractivity contribution < 1.29 is 14.3 Å². The van der Waals surface area contributed by atoms with Gasteiger partial charge in [0.25, 0.3) is 0 Å². The maximum Gasteiger partial charge on any atom is 0.338 e. The monoisotopic (exact) mass is 331 g/mol. The largest absolute Gasteiger partial charge is 0.478 e. The molecule has 0 saturated carbocycles. The van der Waals surface area contributed by atoms with E-state index in [4.69, 9.17) is 9.52 Å². The third-order valence-corrected chi connectivity index (χ3v) is 3.43. The van der Waals surface area contributed by atoms with E-state index in [1.165, 1.54) is 6.07 Å². The van der Waals surface area contributed by atoms with Gasteiger partial charge in [0.1, 0.15) is 5.52 Å². The van der Waals surface area contributed by atoms with Crippen molar-refractivity contribution in [1.29, 1.82) is 0 Å². The highest BCUT2D eigenvalue weighted by molar-refractivity contribution is 9.10. The Hall–Kier alpha value is -2.14. The molecule has 0 bridgehead atoms.